The van der Waals surface area contributed by atoms with Crippen LogP contribution < -0.4 is 5.32 Å². The number of amides is 1. The highest BCUT2D eigenvalue weighted by Gasteiger charge is 2.29. The predicted octanol–water partition coefficient (Wildman–Crippen LogP) is 0.753. The van der Waals surface area contributed by atoms with Crippen LogP contribution >= 0.6 is 0 Å². The third-order valence-corrected chi connectivity index (χ3v) is 2.22. The first-order valence-corrected chi connectivity index (χ1v) is 5.36. The molecule has 0 saturated carbocycles. The van der Waals surface area contributed by atoms with E-state index in [9.17, 15) is 9.59 Å². The molecule has 96 valence electrons. The number of hydrogen-bond acceptors (Lipinski definition) is 5. The van der Waals surface area contributed by atoms with Gasteiger partial charge in [-0.2, -0.15) is 5.26 Å². The van der Waals surface area contributed by atoms with Crippen molar-refractivity contribution in [1.82, 2.24) is 5.32 Å². The molecule has 0 unspecified atom stereocenters. The van der Waals surface area contributed by atoms with E-state index in [0.29, 0.717) is 6.61 Å². The number of nitriles is 1. The fourth-order valence-electron chi connectivity index (χ4n) is 1.42. The fraction of sp³-hybridized carbons (Fsp3) is 0.417. The molecule has 6 heteroatoms. The van der Waals surface area contributed by atoms with Crippen molar-refractivity contribution in [2.45, 2.75) is 13.0 Å². The van der Waals surface area contributed by atoms with Crippen molar-refractivity contribution in [3.63, 3.8) is 0 Å². The first kappa shape index (κ1) is 13.9. The van der Waals surface area contributed by atoms with Crippen LogP contribution in [0.25, 0.3) is 0 Å². The quantitative estimate of drug-likeness (QED) is 0.594. The summed E-state index contributed by atoms with van der Waals surface area (Å²) in [6, 6.07) is 4.34. The van der Waals surface area contributed by atoms with Gasteiger partial charge in [0.2, 0.25) is 11.7 Å². The Morgan fingerprint density at radius 3 is 2.83 bits per heavy atom. The van der Waals surface area contributed by atoms with E-state index in [2.05, 4.69) is 5.32 Å². The molecule has 0 aliphatic heterocycles. The number of methoxy groups -OCH3 is 1. The molecule has 0 spiro atoms. The van der Waals surface area contributed by atoms with Crippen molar-refractivity contribution in [2.24, 2.45) is 5.92 Å². The molecule has 0 saturated heterocycles. The first-order valence-electron chi connectivity index (χ1n) is 5.36. The van der Waals surface area contributed by atoms with Crippen molar-refractivity contribution >= 4 is 11.7 Å². The van der Waals surface area contributed by atoms with Crippen LogP contribution in [0, 0.1) is 17.2 Å². The molecule has 1 N–H and O–H groups in total. The molecule has 0 bridgehead atoms. The van der Waals surface area contributed by atoms with Gasteiger partial charge in [-0.25, -0.2) is 0 Å². The zero-order valence-corrected chi connectivity index (χ0v) is 10.2. The Hall–Kier alpha value is -2.13. The van der Waals surface area contributed by atoms with Crippen molar-refractivity contribution in [2.75, 3.05) is 13.7 Å². The zero-order valence-electron chi connectivity index (χ0n) is 10.2. The number of hydrogen-bond donors (Lipinski definition) is 1. The van der Waals surface area contributed by atoms with Gasteiger partial charge in [-0.15, -0.1) is 0 Å². The molecule has 0 aliphatic carbocycles. The number of furan rings is 1. The number of carbonyl (C=O) groups is 2. The second kappa shape index (κ2) is 6.57. The van der Waals surface area contributed by atoms with Gasteiger partial charge in [-0.1, -0.05) is 0 Å². The number of ether oxygens (including phenoxy) is 1. The highest BCUT2D eigenvalue weighted by atomic mass is 16.5. The van der Waals surface area contributed by atoms with E-state index >= 15 is 0 Å². The molecule has 1 amide bonds. The Morgan fingerprint density at radius 1 is 1.61 bits per heavy atom. The number of nitrogens with one attached hydrogen (secondary N) is 1. The summed E-state index contributed by atoms with van der Waals surface area (Å²) in [7, 11) is 1.50. The van der Waals surface area contributed by atoms with Crippen LogP contribution in [0.15, 0.2) is 22.8 Å². The van der Waals surface area contributed by atoms with E-state index in [1.807, 2.05) is 0 Å². The van der Waals surface area contributed by atoms with Gasteiger partial charge in [0.15, 0.2) is 11.7 Å². The highest BCUT2D eigenvalue weighted by molar-refractivity contribution is 6.10. The van der Waals surface area contributed by atoms with Crippen molar-refractivity contribution < 1.29 is 18.7 Å². The minimum absolute atomic E-state index is 0.00362. The third kappa shape index (κ3) is 3.43. The second-order valence-electron chi connectivity index (χ2n) is 3.77. The summed E-state index contributed by atoms with van der Waals surface area (Å²) in [6.45, 7) is 2.02. The summed E-state index contributed by atoms with van der Waals surface area (Å²) < 4.78 is 9.72. The van der Waals surface area contributed by atoms with Gasteiger partial charge in [-0.05, 0) is 19.1 Å². The molecule has 6 nitrogen and oxygen atoms in total. The lowest BCUT2D eigenvalue weighted by atomic mass is 10.0. The average molecular weight is 250 g/mol. The molecular formula is C12H14N2O4. The van der Waals surface area contributed by atoms with E-state index in [4.69, 9.17) is 14.4 Å². The SMILES string of the molecule is COC[C@@H](C)NC(=O)[C@@H](C#N)C(=O)c1ccco1. The van der Waals surface area contributed by atoms with E-state index in [1.54, 1.807) is 13.0 Å². The maximum absolute atomic E-state index is 11.8. The molecule has 1 aromatic heterocycles. The summed E-state index contributed by atoms with van der Waals surface area (Å²) >= 11 is 0. The maximum atomic E-state index is 11.8. The molecule has 0 aromatic carbocycles. The highest BCUT2D eigenvalue weighted by Crippen LogP contribution is 2.09. The van der Waals surface area contributed by atoms with Crippen LogP contribution in [0.2, 0.25) is 0 Å². The van der Waals surface area contributed by atoms with Gasteiger partial charge in [-0.3, -0.25) is 9.59 Å². The molecule has 1 rings (SSSR count). The lowest BCUT2D eigenvalue weighted by Crippen LogP contribution is -2.41. The summed E-state index contributed by atoms with van der Waals surface area (Å²) in [5, 5.41) is 11.4. The molecule has 0 radical (unpaired) electrons. The molecule has 0 fully saturated rings. The van der Waals surface area contributed by atoms with Gasteiger partial charge in [0.05, 0.1) is 18.9 Å². The number of ketones is 1. The minimum atomic E-state index is -1.41. The normalized spacial score (nSPS) is 13.4. The van der Waals surface area contributed by atoms with E-state index in [0.717, 1.165) is 0 Å². The van der Waals surface area contributed by atoms with Crippen LogP contribution in [0.3, 0.4) is 0 Å². The smallest absolute Gasteiger partial charge is 0.245 e. The average Bonchev–Trinajstić information content (AvgIpc) is 2.83. The van der Waals surface area contributed by atoms with Gasteiger partial charge in [0.1, 0.15) is 0 Å². The molecule has 1 heterocycles. The van der Waals surface area contributed by atoms with Crippen LogP contribution in [-0.4, -0.2) is 31.4 Å². The first-order chi connectivity index (χ1) is 8.60. The lowest BCUT2D eigenvalue weighted by Gasteiger charge is -2.14. The Morgan fingerprint density at radius 2 is 2.33 bits per heavy atom. The van der Waals surface area contributed by atoms with Crippen molar-refractivity contribution in [3.8, 4) is 6.07 Å². The van der Waals surface area contributed by atoms with Crippen LogP contribution in [-0.2, 0) is 9.53 Å². The van der Waals surface area contributed by atoms with Crippen molar-refractivity contribution in [1.29, 1.82) is 5.26 Å². The fourth-order valence-corrected chi connectivity index (χ4v) is 1.42. The summed E-state index contributed by atoms with van der Waals surface area (Å²) in [6.07, 6.45) is 1.31. The second-order valence-corrected chi connectivity index (χ2v) is 3.77. The summed E-state index contributed by atoms with van der Waals surface area (Å²) in [5.74, 6) is -2.71. The predicted molar refractivity (Wildman–Crippen MR) is 61.6 cm³/mol. The van der Waals surface area contributed by atoms with E-state index in [1.165, 1.54) is 25.5 Å². The summed E-state index contributed by atoms with van der Waals surface area (Å²) in [4.78, 5) is 23.6. The molecule has 18 heavy (non-hydrogen) atoms. The number of carbonyl (C=O) groups excluding carboxylic acids is 2. The number of rotatable bonds is 6. The molecule has 0 aliphatic rings. The Bertz CT molecular complexity index is 447. The Kier molecular flexibility index (Phi) is 5.08. The largest absolute Gasteiger partial charge is 0.461 e. The topological polar surface area (TPSA) is 92.3 Å². The van der Waals surface area contributed by atoms with Crippen molar-refractivity contribution in [3.05, 3.63) is 24.2 Å². The van der Waals surface area contributed by atoms with Gasteiger partial charge < -0.3 is 14.5 Å². The van der Waals surface area contributed by atoms with Gasteiger partial charge >= 0.3 is 0 Å². The van der Waals surface area contributed by atoms with E-state index < -0.39 is 17.6 Å². The monoisotopic (exact) mass is 250 g/mol. The molecule has 2 atom stereocenters. The van der Waals surface area contributed by atoms with Crippen LogP contribution in [0.5, 0.6) is 0 Å². The van der Waals surface area contributed by atoms with Gasteiger partial charge in [0.25, 0.3) is 0 Å². The Labute approximate surface area is 105 Å². The Balaban J connectivity index is 2.70. The minimum Gasteiger partial charge on any atom is -0.461 e. The number of nitrogens with zero attached hydrogens (tertiary/aromatic N) is 1. The molecular weight excluding hydrogens is 236 g/mol. The third-order valence-electron chi connectivity index (χ3n) is 2.22. The zero-order chi connectivity index (χ0) is 13.5. The van der Waals surface area contributed by atoms with Crippen LogP contribution in [0.4, 0.5) is 0 Å². The van der Waals surface area contributed by atoms with Gasteiger partial charge in [0, 0.05) is 13.2 Å². The van der Waals surface area contributed by atoms with E-state index in [-0.39, 0.29) is 11.8 Å². The standard InChI is InChI=1S/C12H14N2O4/c1-8(7-17-2)14-12(16)9(6-13)11(15)10-4-3-5-18-10/h3-5,8-9H,7H2,1-2H3,(H,14,16)/t8-,9+/m1/s1. The molecule has 1 aromatic rings. The number of Topliss-reactive ketones (excluding diaryl/α,β-unsaturated/α-hetero) is 1. The maximum Gasteiger partial charge on any atom is 0.245 e. The summed E-state index contributed by atoms with van der Waals surface area (Å²) in [5.41, 5.74) is 0. The lowest BCUT2D eigenvalue weighted by molar-refractivity contribution is -0.123. The van der Waals surface area contributed by atoms with Crippen LogP contribution in [0.1, 0.15) is 17.5 Å².